The summed E-state index contributed by atoms with van der Waals surface area (Å²) in [5.41, 5.74) is -0.00356. The normalized spacial score (nSPS) is 18.4. The second kappa shape index (κ2) is 10.1. The largest absolute Gasteiger partial charge is 0.481 e. The van der Waals surface area contributed by atoms with Gasteiger partial charge in [-0.1, -0.05) is 36.4 Å². The Morgan fingerprint density at radius 3 is 2.13 bits per heavy atom. The zero-order valence-electron chi connectivity index (χ0n) is 20.5. The molecule has 0 atom stereocenters. The van der Waals surface area contributed by atoms with Crippen molar-refractivity contribution in [2.75, 3.05) is 0 Å². The van der Waals surface area contributed by atoms with Gasteiger partial charge in [0.2, 0.25) is 0 Å². The highest BCUT2D eigenvalue weighted by molar-refractivity contribution is 5.82. The van der Waals surface area contributed by atoms with E-state index in [1.807, 2.05) is 12.1 Å². The molecule has 0 bridgehead atoms. The standard InChI is InChI=1S/C29H24F6N2O2/c30-28(31,32)21-10-12-24-25(15-21)37-27(36-24)22-11-9-20(14-23(22)29(33,34)35)19-7-5-18(6-8-19)17-3-1-16(2-4-17)13-26(38)39/h5-12,14-17H,1-4,13H2,(H,36,37)(H,38,39). The topological polar surface area (TPSA) is 66.0 Å². The molecule has 0 spiro atoms. The first-order chi connectivity index (χ1) is 18.4. The van der Waals surface area contributed by atoms with Gasteiger partial charge in [-0.15, -0.1) is 0 Å². The van der Waals surface area contributed by atoms with Crippen LogP contribution in [0.5, 0.6) is 0 Å². The Bertz CT molecular complexity index is 1500. The number of hydrogen-bond acceptors (Lipinski definition) is 2. The van der Waals surface area contributed by atoms with E-state index in [9.17, 15) is 31.1 Å². The lowest BCUT2D eigenvalue weighted by Gasteiger charge is -2.28. The van der Waals surface area contributed by atoms with Crippen LogP contribution in [-0.2, 0) is 17.1 Å². The highest BCUT2D eigenvalue weighted by Crippen LogP contribution is 2.41. The lowest BCUT2D eigenvalue weighted by atomic mass is 9.77. The molecule has 4 aromatic rings. The Morgan fingerprint density at radius 2 is 1.51 bits per heavy atom. The van der Waals surface area contributed by atoms with Crippen molar-refractivity contribution in [1.29, 1.82) is 0 Å². The third kappa shape index (κ3) is 5.79. The molecule has 39 heavy (non-hydrogen) atoms. The van der Waals surface area contributed by atoms with Gasteiger partial charge in [-0.3, -0.25) is 4.79 Å². The van der Waals surface area contributed by atoms with Gasteiger partial charge in [0.1, 0.15) is 5.82 Å². The molecule has 1 fully saturated rings. The number of fused-ring (bicyclic) bond motifs is 1. The van der Waals surface area contributed by atoms with E-state index in [-0.39, 0.29) is 40.7 Å². The predicted molar refractivity (Wildman–Crippen MR) is 134 cm³/mol. The SMILES string of the molecule is O=C(O)CC1CCC(c2ccc(-c3ccc(-c4nc5ccc(C(F)(F)F)cc5[nH]4)c(C(F)(F)F)c3)cc2)CC1. The van der Waals surface area contributed by atoms with E-state index in [0.717, 1.165) is 55.5 Å². The highest BCUT2D eigenvalue weighted by atomic mass is 19.4. The third-order valence-electron chi connectivity index (χ3n) is 7.41. The number of aliphatic carboxylic acids is 1. The summed E-state index contributed by atoms with van der Waals surface area (Å²) in [7, 11) is 0. The number of aromatic nitrogens is 2. The number of alkyl halides is 6. The fourth-order valence-corrected chi connectivity index (χ4v) is 5.37. The molecule has 204 valence electrons. The number of rotatable bonds is 5. The van der Waals surface area contributed by atoms with Gasteiger partial charge in [0, 0.05) is 12.0 Å². The molecule has 5 rings (SSSR count). The molecule has 10 heteroatoms. The van der Waals surface area contributed by atoms with E-state index in [1.54, 1.807) is 12.1 Å². The molecule has 0 saturated heterocycles. The van der Waals surface area contributed by atoms with Crippen LogP contribution in [0.15, 0.2) is 60.7 Å². The number of nitrogens with zero attached hydrogens (tertiary/aromatic N) is 1. The maximum absolute atomic E-state index is 14.1. The van der Waals surface area contributed by atoms with Crippen LogP contribution in [0.4, 0.5) is 26.3 Å². The average Bonchev–Trinajstić information content (AvgIpc) is 3.31. The maximum atomic E-state index is 14.1. The minimum atomic E-state index is -4.73. The van der Waals surface area contributed by atoms with Crippen molar-refractivity contribution in [3.05, 3.63) is 77.4 Å². The first-order valence-electron chi connectivity index (χ1n) is 12.5. The zero-order chi connectivity index (χ0) is 27.9. The summed E-state index contributed by atoms with van der Waals surface area (Å²) in [6, 6.07) is 14.0. The number of imidazole rings is 1. The molecule has 1 heterocycles. The number of nitrogens with one attached hydrogen (secondary N) is 1. The van der Waals surface area contributed by atoms with Crippen LogP contribution in [0.1, 0.15) is 54.7 Å². The Hall–Kier alpha value is -3.82. The molecular formula is C29H24F6N2O2. The van der Waals surface area contributed by atoms with E-state index >= 15 is 0 Å². The van der Waals surface area contributed by atoms with Crippen molar-refractivity contribution in [3.63, 3.8) is 0 Å². The monoisotopic (exact) mass is 546 g/mol. The molecule has 1 saturated carbocycles. The van der Waals surface area contributed by atoms with Crippen molar-refractivity contribution in [2.24, 2.45) is 5.92 Å². The summed E-state index contributed by atoms with van der Waals surface area (Å²) in [6.45, 7) is 0. The minimum absolute atomic E-state index is 0.00962. The summed E-state index contributed by atoms with van der Waals surface area (Å²) in [6.07, 6.45) is -5.75. The molecule has 2 N–H and O–H groups in total. The fraction of sp³-hybridized carbons (Fsp3) is 0.310. The smallest absolute Gasteiger partial charge is 0.417 e. The second-order valence-electron chi connectivity index (χ2n) is 10.0. The molecule has 0 unspecified atom stereocenters. The van der Waals surface area contributed by atoms with Gasteiger partial charge in [-0.05, 0) is 78.5 Å². The molecule has 1 aromatic heterocycles. The van der Waals surface area contributed by atoms with Crippen LogP contribution in [0.3, 0.4) is 0 Å². The first kappa shape index (κ1) is 26.8. The van der Waals surface area contributed by atoms with E-state index in [1.165, 1.54) is 12.1 Å². The van der Waals surface area contributed by atoms with Crippen molar-refractivity contribution in [1.82, 2.24) is 9.97 Å². The number of carboxylic acids is 1. The minimum Gasteiger partial charge on any atom is -0.481 e. The molecule has 0 radical (unpaired) electrons. The first-order valence-corrected chi connectivity index (χ1v) is 12.5. The van der Waals surface area contributed by atoms with Gasteiger partial charge >= 0.3 is 18.3 Å². The van der Waals surface area contributed by atoms with Crippen LogP contribution in [-0.4, -0.2) is 21.0 Å². The summed E-state index contributed by atoms with van der Waals surface area (Å²) in [4.78, 5) is 17.7. The predicted octanol–water partition coefficient (Wildman–Crippen LogP) is 8.68. The van der Waals surface area contributed by atoms with Crippen LogP contribution in [0.2, 0.25) is 0 Å². The number of carbonyl (C=O) groups is 1. The second-order valence-corrected chi connectivity index (χ2v) is 10.0. The molecule has 0 aliphatic heterocycles. The Morgan fingerprint density at radius 1 is 0.846 bits per heavy atom. The Balaban J connectivity index is 1.41. The molecule has 1 aliphatic rings. The van der Waals surface area contributed by atoms with Gasteiger partial charge in [-0.2, -0.15) is 26.3 Å². The highest BCUT2D eigenvalue weighted by Gasteiger charge is 2.35. The van der Waals surface area contributed by atoms with Crippen LogP contribution in [0.25, 0.3) is 33.5 Å². The van der Waals surface area contributed by atoms with E-state index in [0.29, 0.717) is 11.1 Å². The van der Waals surface area contributed by atoms with Crippen LogP contribution >= 0.6 is 0 Å². The number of H-pyrrole nitrogens is 1. The van der Waals surface area contributed by atoms with Crippen molar-refractivity contribution >= 4 is 17.0 Å². The molecular weight excluding hydrogens is 522 g/mol. The average molecular weight is 547 g/mol. The van der Waals surface area contributed by atoms with Crippen molar-refractivity contribution < 1.29 is 36.2 Å². The van der Waals surface area contributed by atoms with Gasteiger partial charge in [0.05, 0.1) is 22.2 Å². The fourth-order valence-electron chi connectivity index (χ4n) is 5.37. The summed E-state index contributed by atoms with van der Waals surface area (Å²) in [5, 5.41) is 9.00. The lowest BCUT2D eigenvalue weighted by Crippen LogP contribution is -2.16. The van der Waals surface area contributed by atoms with Gasteiger partial charge < -0.3 is 10.1 Å². The Kier molecular flexibility index (Phi) is 6.90. The summed E-state index contributed by atoms with van der Waals surface area (Å²) < 4.78 is 81.5. The molecule has 1 aliphatic carbocycles. The molecule has 3 aromatic carbocycles. The number of carboxylic acid groups (broad SMARTS) is 1. The quantitative estimate of drug-likeness (QED) is 0.246. The van der Waals surface area contributed by atoms with Gasteiger partial charge in [0.15, 0.2) is 0 Å². The zero-order valence-corrected chi connectivity index (χ0v) is 20.5. The number of aromatic amines is 1. The van der Waals surface area contributed by atoms with E-state index in [2.05, 4.69) is 9.97 Å². The van der Waals surface area contributed by atoms with E-state index in [4.69, 9.17) is 5.11 Å². The van der Waals surface area contributed by atoms with Crippen molar-refractivity contribution in [2.45, 2.75) is 50.4 Å². The maximum Gasteiger partial charge on any atom is 0.417 e. The molecule has 0 amide bonds. The Labute approximate surface area is 219 Å². The number of hydrogen-bond donors (Lipinski definition) is 2. The van der Waals surface area contributed by atoms with E-state index < -0.39 is 29.4 Å². The summed E-state index contributed by atoms with van der Waals surface area (Å²) in [5.74, 6) is -0.501. The van der Waals surface area contributed by atoms with Gasteiger partial charge in [0.25, 0.3) is 0 Å². The van der Waals surface area contributed by atoms with Crippen LogP contribution in [0, 0.1) is 5.92 Å². The lowest BCUT2D eigenvalue weighted by molar-refractivity contribution is -0.139. The summed E-state index contributed by atoms with van der Waals surface area (Å²) >= 11 is 0. The molecule has 4 nitrogen and oxygen atoms in total. The van der Waals surface area contributed by atoms with Crippen molar-refractivity contribution in [3.8, 4) is 22.5 Å². The number of halogens is 6. The number of benzene rings is 3. The third-order valence-corrected chi connectivity index (χ3v) is 7.41. The van der Waals surface area contributed by atoms with Gasteiger partial charge in [-0.25, -0.2) is 4.98 Å². The van der Waals surface area contributed by atoms with Crippen LogP contribution < -0.4 is 0 Å².